The highest BCUT2D eigenvalue weighted by molar-refractivity contribution is 5.92. The van der Waals surface area contributed by atoms with Crippen LogP contribution >= 0.6 is 0 Å². The second-order valence-electron chi connectivity index (χ2n) is 10.6. The van der Waals surface area contributed by atoms with E-state index in [1.165, 1.54) is 11.3 Å². The van der Waals surface area contributed by atoms with Crippen molar-refractivity contribution in [1.29, 1.82) is 0 Å². The molecule has 0 saturated carbocycles. The number of nitrogens with zero attached hydrogens (tertiary/aromatic N) is 5. The largest absolute Gasteiger partial charge is 0.496 e. The van der Waals surface area contributed by atoms with Crippen molar-refractivity contribution < 1.29 is 14.2 Å². The number of likely N-dealkylation sites (N-methyl/N-ethyl adjacent to an activating group) is 1. The van der Waals surface area contributed by atoms with Crippen LogP contribution in [0.15, 0.2) is 30.3 Å². The summed E-state index contributed by atoms with van der Waals surface area (Å²) in [4.78, 5) is 16.8. The minimum atomic E-state index is 0.298. The fourth-order valence-electron chi connectivity index (χ4n) is 5.49. The summed E-state index contributed by atoms with van der Waals surface area (Å²) in [5.74, 6) is 3.69. The van der Waals surface area contributed by atoms with E-state index < -0.39 is 0 Å². The molecule has 1 aromatic heterocycles. The van der Waals surface area contributed by atoms with Gasteiger partial charge in [0.15, 0.2) is 11.5 Å². The van der Waals surface area contributed by atoms with Crippen molar-refractivity contribution >= 4 is 28.4 Å². The first-order chi connectivity index (χ1) is 19.9. The smallest absolute Gasteiger partial charge is 0.225 e. The predicted octanol–water partition coefficient (Wildman–Crippen LogP) is 4.55. The summed E-state index contributed by atoms with van der Waals surface area (Å²) in [5, 5.41) is 8.11. The summed E-state index contributed by atoms with van der Waals surface area (Å²) in [6.07, 6.45) is 2.02. The number of anilines is 3. The molecule has 2 N–H and O–H groups in total. The Balaban J connectivity index is 1.51. The Bertz CT molecular complexity index is 1270. The summed E-state index contributed by atoms with van der Waals surface area (Å²) in [6, 6.07) is 10.4. The Hall–Kier alpha value is -3.50. The lowest BCUT2D eigenvalue weighted by atomic mass is 10.0. The van der Waals surface area contributed by atoms with E-state index in [1.54, 1.807) is 21.3 Å². The minimum absolute atomic E-state index is 0.298. The number of rotatable bonds is 14. The van der Waals surface area contributed by atoms with Gasteiger partial charge in [0.2, 0.25) is 5.95 Å². The number of nitrogens with one attached hydrogen (secondary N) is 2. The minimum Gasteiger partial charge on any atom is -0.496 e. The van der Waals surface area contributed by atoms with E-state index in [2.05, 4.69) is 65.4 Å². The quantitative estimate of drug-likeness (QED) is 0.290. The second-order valence-corrected chi connectivity index (χ2v) is 10.6. The molecule has 41 heavy (non-hydrogen) atoms. The third-order valence-corrected chi connectivity index (χ3v) is 7.93. The van der Waals surface area contributed by atoms with Gasteiger partial charge in [0.25, 0.3) is 0 Å². The topological polar surface area (TPSA) is 87.2 Å². The van der Waals surface area contributed by atoms with E-state index in [9.17, 15) is 0 Å². The Kier molecular flexibility index (Phi) is 10.7. The number of hydrogen-bond acceptors (Lipinski definition) is 10. The number of methoxy groups -OCH3 is 3. The highest BCUT2D eigenvalue weighted by atomic mass is 16.5. The molecule has 4 rings (SSSR count). The van der Waals surface area contributed by atoms with Crippen LogP contribution < -0.4 is 29.7 Å². The van der Waals surface area contributed by atoms with Crippen LogP contribution in [0.3, 0.4) is 0 Å². The number of fused-ring (bicyclic) bond motifs is 1. The Morgan fingerprint density at radius 2 is 1.61 bits per heavy atom. The third-order valence-electron chi connectivity index (χ3n) is 7.93. The van der Waals surface area contributed by atoms with Crippen molar-refractivity contribution in [3.63, 3.8) is 0 Å². The molecule has 0 atom stereocenters. The second kappa shape index (κ2) is 14.4. The molecule has 0 aliphatic carbocycles. The lowest BCUT2D eigenvalue weighted by Crippen LogP contribution is -2.39. The molecule has 0 amide bonds. The van der Waals surface area contributed by atoms with E-state index in [0.29, 0.717) is 23.5 Å². The molecule has 1 aliphatic rings. The summed E-state index contributed by atoms with van der Waals surface area (Å²) in [7, 11) is 9.21. The van der Waals surface area contributed by atoms with Crippen molar-refractivity contribution in [3.05, 3.63) is 35.9 Å². The standard InChI is InChI=1S/C31H47N7O3/c1-8-37(9-2)18-15-32-31-34-25-20-29(41-7)28(40-6)19-23(25)30(35-31)33-22-13-16-38(17-14-22)21-24-26(36(3)4)11-10-12-27(24)39-5/h10-12,19-20,22H,8-9,13-18,21H2,1-7H3,(H2,32,33,34,35). The van der Waals surface area contributed by atoms with Crippen molar-refractivity contribution in [2.24, 2.45) is 0 Å². The Labute approximate surface area is 245 Å². The fourth-order valence-corrected chi connectivity index (χ4v) is 5.49. The van der Waals surface area contributed by atoms with Crippen molar-refractivity contribution in [3.8, 4) is 17.2 Å². The molecule has 1 saturated heterocycles. The third kappa shape index (κ3) is 7.42. The van der Waals surface area contributed by atoms with Gasteiger partial charge in [0, 0.05) is 75.6 Å². The number of ether oxygens (including phenoxy) is 3. The molecule has 1 fully saturated rings. The van der Waals surface area contributed by atoms with Gasteiger partial charge in [-0.15, -0.1) is 0 Å². The van der Waals surface area contributed by atoms with Gasteiger partial charge in [-0.25, -0.2) is 4.98 Å². The molecule has 10 heteroatoms. The van der Waals surface area contributed by atoms with E-state index >= 15 is 0 Å². The molecule has 3 aromatic rings. The van der Waals surface area contributed by atoms with Gasteiger partial charge in [-0.1, -0.05) is 19.9 Å². The zero-order chi connectivity index (χ0) is 29.4. The van der Waals surface area contributed by atoms with Crippen LogP contribution in [0.25, 0.3) is 10.9 Å². The summed E-state index contributed by atoms with van der Waals surface area (Å²) in [5.41, 5.74) is 3.24. The first-order valence-electron chi connectivity index (χ1n) is 14.6. The number of likely N-dealkylation sites (tertiary alicyclic amines) is 1. The highest BCUT2D eigenvalue weighted by Crippen LogP contribution is 2.36. The van der Waals surface area contributed by atoms with Gasteiger partial charge < -0.3 is 34.6 Å². The molecule has 1 aliphatic heterocycles. The number of aromatic nitrogens is 2. The normalized spacial score (nSPS) is 14.3. The van der Waals surface area contributed by atoms with Crippen molar-refractivity contribution in [2.45, 2.75) is 39.3 Å². The van der Waals surface area contributed by atoms with Crippen molar-refractivity contribution in [1.82, 2.24) is 19.8 Å². The van der Waals surface area contributed by atoms with Gasteiger partial charge in [0.05, 0.1) is 26.8 Å². The first-order valence-corrected chi connectivity index (χ1v) is 14.6. The van der Waals surface area contributed by atoms with E-state index in [-0.39, 0.29) is 0 Å². The lowest BCUT2D eigenvalue weighted by molar-refractivity contribution is 0.209. The maximum Gasteiger partial charge on any atom is 0.225 e. The summed E-state index contributed by atoms with van der Waals surface area (Å²) < 4.78 is 16.9. The van der Waals surface area contributed by atoms with Crippen LogP contribution in [-0.4, -0.2) is 101 Å². The molecule has 2 aromatic carbocycles. The molecule has 0 spiro atoms. The Morgan fingerprint density at radius 3 is 2.24 bits per heavy atom. The summed E-state index contributed by atoms with van der Waals surface area (Å²) >= 11 is 0. The van der Waals surface area contributed by atoms with Crippen LogP contribution in [0.2, 0.25) is 0 Å². The van der Waals surface area contributed by atoms with Crippen molar-refractivity contribution in [2.75, 3.05) is 90.2 Å². The van der Waals surface area contributed by atoms with Gasteiger partial charge in [-0.05, 0) is 44.1 Å². The van der Waals surface area contributed by atoms with Crippen LogP contribution in [0.4, 0.5) is 17.5 Å². The zero-order valence-electron chi connectivity index (χ0n) is 25.8. The maximum atomic E-state index is 5.71. The number of benzene rings is 2. The summed E-state index contributed by atoms with van der Waals surface area (Å²) in [6.45, 7) is 10.9. The van der Waals surface area contributed by atoms with E-state index in [4.69, 9.17) is 24.2 Å². The molecule has 0 bridgehead atoms. The van der Waals surface area contributed by atoms with E-state index in [0.717, 1.165) is 81.1 Å². The monoisotopic (exact) mass is 565 g/mol. The molecular formula is C31H47N7O3. The first kappa shape index (κ1) is 30.5. The van der Waals surface area contributed by atoms with Gasteiger partial charge in [0.1, 0.15) is 11.6 Å². The van der Waals surface area contributed by atoms with Gasteiger partial charge >= 0.3 is 0 Å². The highest BCUT2D eigenvalue weighted by Gasteiger charge is 2.23. The number of piperidine rings is 1. The van der Waals surface area contributed by atoms with Gasteiger partial charge in [-0.2, -0.15) is 4.98 Å². The molecule has 0 unspecified atom stereocenters. The van der Waals surface area contributed by atoms with E-state index in [1.807, 2.05) is 18.2 Å². The van der Waals surface area contributed by atoms with Crippen LogP contribution in [-0.2, 0) is 6.54 Å². The van der Waals surface area contributed by atoms with Crippen LogP contribution in [0, 0.1) is 0 Å². The Morgan fingerprint density at radius 1 is 0.927 bits per heavy atom. The van der Waals surface area contributed by atoms with Gasteiger partial charge in [-0.3, -0.25) is 4.90 Å². The number of hydrogen-bond donors (Lipinski definition) is 2. The fraction of sp³-hybridized carbons (Fsp3) is 0.548. The molecule has 0 radical (unpaired) electrons. The predicted molar refractivity (Wildman–Crippen MR) is 168 cm³/mol. The average Bonchev–Trinajstić information content (AvgIpc) is 2.99. The molecule has 224 valence electrons. The zero-order valence-corrected chi connectivity index (χ0v) is 25.8. The maximum absolute atomic E-state index is 5.71. The SMILES string of the molecule is CCN(CC)CCNc1nc(NC2CCN(Cc3c(OC)cccc3N(C)C)CC2)c2cc(OC)c(OC)cc2n1. The van der Waals surface area contributed by atoms with Crippen LogP contribution in [0.5, 0.6) is 17.2 Å². The molecular weight excluding hydrogens is 518 g/mol. The molecule has 10 nitrogen and oxygen atoms in total. The average molecular weight is 566 g/mol. The lowest BCUT2D eigenvalue weighted by Gasteiger charge is -2.34. The molecule has 2 heterocycles. The van der Waals surface area contributed by atoms with Crippen LogP contribution in [0.1, 0.15) is 32.3 Å².